The first kappa shape index (κ1) is 25.4. The first-order valence-electron chi connectivity index (χ1n) is 11.1. The molecule has 0 rings (SSSR count). The summed E-state index contributed by atoms with van der Waals surface area (Å²) < 4.78 is 0.802. The van der Waals surface area contributed by atoms with Gasteiger partial charge in [0, 0.05) is 6.42 Å². The van der Waals surface area contributed by atoms with Crippen molar-refractivity contribution in [3.8, 4) is 0 Å². The Labute approximate surface area is 163 Å². The first-order chi connectivity index (χ1) is 12.5. The molecule has 0 aliphatic carbocycles. The van der Waals surface area contributed by atoms with E-state index in [4.69, 9.17) is 9.78 Å². The lowest BCUT2D eigenvalue weighted by molar-refractivity contribution is -0.871. The lowest BCUT2D eigenvalue weighted by atomic mass is 10.0. The Morgan fingerprint density at radius 2 is 1.12 bits per heavy atom. The van der Waals surface area contributed by atoms with Crippen LogP contribution in [0.25, 0.3) is 0 Å². The molecule has 0 N–H and O–H groups in total. The third-order valence-corrected chi connectivity index (χ3v) is 4.73. The maximum atomic E-state index is 11.5. The van der Waals surface area contributed by atoms with Crippen LogP contribution < -0.4 is 0 Å². The minimum atomic E-state index is -0.231. The Morgan fingerprint density at radius 3 is 1.54 bits per heavy atom. The molecule has 0 aromatic rings. The average Bonchev–Trinajstić information content (AvgIpc) is 2.58. The second-order valence-electron chi connectivity index (χ2n) is 8.64. The van der Waals surface area contributed by atoms with Crippen molar-refractivity contribution in [3.05, 3.63) is 0 Å². The number of rotatable bonds is 19. The highest BCUT2D eigenvalue weighted by molar-refractivity contribution is 5.68. The van der Waals surface area contributed by atoms with Crippen molar-refractivity contribution in [2.24, 2.45) is 0 Å². The first-order valence-corrected chi connectivity index (χ1v) is 11.1. The number of quaternary nitrogens is 1. The van der Waals surface area contributed by atoms with E-state index < -0.39 is 0 Å². The van der Waals surface area contributed by atoms with Gasteiger partial charge in [-0.2, -0.15) is 4.89 Å². The van der Waals surface area contributed by atoms with Crippen molar-refractivity contribution in [1.29, 1.82) is 0 Å². The quantitative estimate of drug-likeness (QED) is 0.120. The molecule has 0 aliphatic rings. The largest absolute Gasteiger partial charge is 0.342 e. The number of likely N-dealkylation sites (N-methyl/N-ethyl adjacent to an activating group) is 1. The fourth-order valence-corrected chi connectivity index (χ4v) is 2.92. The van der Waals surface area contributed by atoms with E-state index in [0.717, 1.165) is 23.9 Å². The van der Waals surface area contributed by atoms with Gasteiger partial charge in [-0.25, -0.2) is 4.79 Å². The Balaban J connectivity index is 3.17. The van der Waals surface area contributed by atoms with Gasteiger partial charge in [0.25, 0.3) is 0 Å². The van der Waals surface area contributed by atoms with Crippen LogP contribution in [0.3, 0.4) is 0 Å². The molecule has 0 aromatic carbocycles. The van der Waals surface area contributed by atoms with Gasteiger partial charge >= 0.3 is 5.97 Å². The minimum Gasteiger partial charge on any atom is -0.329 e. The summed E-state index contributed by atoms with van der Waals surface area (Å²) in [5.74, 6) is -0.231. The molecular formula is C22H46NO3+. The van der Waals surface area contributed by atoms with Crippen molar-refractivity contribution >= 4 is 5.97 Å². The maximum absolute atomic E-state index is 11.5. The standard InChI is InChI=1S/C22H46NO3/c1-5-6-7-8-9-10-11-12-13-14-15-16-17-18-19-22(24)26-25-21-20-23(2,3)4/h5-21H2,1-4H3/q+1. The molecule has 4 nitrogen and oxygen atoms in total. The predicted octanol–water partition coefficient (Wildman–Crippen LogP) is 6.04. The molecule has 156 valence electrons. The van der Waals surface area contributed by atoms with E-state index in [-0.39, 0.29) is 5.97 Å². The van der Waals surface area contributed by atoms with Gasteiger partial charge in [-0.1, -0.05) is 90.4 Å². The molecule has 0 aromatic heterocycles. The predicted molar refractivity (Wildman–Crippen MR) is 110 cm³/mol. The summed E-state index contributed by atoms with van der Waals surface area (Å²) in [5.41, 5.74) is 0. The number of nitrogens with zero attached hydrogens (tertiary/aromatic N) is 1. The lowest BCUT2D eigenvalue weighted by Gasteiger charge is -2.22. The van der Waals surface area contributed by atoms with Crippen LogP contribution in [0.5, 0.6) is 0 Å². The molecule has 0 fully saturated rings. The van der Waals surface area contributed by atoms with Crippen molar-refractivity contribution in [3.63, 3.8) is 0 Å². The summed E-state index contributed by atoms with van der Waals surface area (Å²) in [4.78, 5) is 21.3. The highest BCUT2D eigenvalue weighted by Gasteiger charge is 2.08. The van der Waals surface area contributed by atoms with E-state index in [1.165, 1.54) is 77.0 Å². The summed E-state index contributed by atoms with van der Waals surface area (Å²) in [6, 6.07) is 0. The summed E-state index contributed by atoms with van der Waals surface area (Å²) in [7, 11) is 6.25. The molecule has 0 saturated heterocycles. The van der Waals surface area contributed by atoms with Crippen molar-refractivity contribution in [2.45, 2.75) is 103 Å². The molecule has 0 unspecified atom stereocenters. The van der Waals surface area contributed by atoms with E-state index in [1.54, 1.807) is 0 Å². The van der Waals surface area contributed by atoms with Crippen molar-refractivity contribution < 1.29 is 19.1 Å². The molecule has 0 spiro atoms. The maximum Gasteiger partial charge on any atom is 0.342 e. The molecule has 0 amide bonds. The zero-order valence-electron chi connectivity index (χ0n) is 18.2. The number of hydrogen-bond donors (Lipinski definition) is 0. The molecule has 0 aliphatic heterocycles. The Hall–Kier alpha value is -0.610. The highest BCUT2D eigenvalue weighted by Crippen LogP contribution is 2.13. The van der Waals surface area contributed by atoms with E-state index in [9.17, 15) is 4.79 Å². The van der Waals surface area contributed by atoms with Crippen molar-refractivity contribution in [2.75, 3.05) is 34.3 Å². The van der Waals surface area contributed by atoms with E-state index in [1.807, 2.05) is 0 Å². The molecule has 0 radical (unpaired) electrons. The topological polar surface area (TPSA) is 35.5 Å². The minimum absolute atomic E-state index is 0.231. The van der Waals surface area contributed by atoms with Crippen LogP contribution in [-0.4, -0.2) is 44.7 Å². The number of hydrogen-bond acceptors (Lipinski definition) is 3. The molecule has 4 heteroatoms. The van der Waals surface area contributed by atoms with Gasteiger partial charge in [0.1, 0.15) is 13.2 Å². The SMILES string of the molecule is CCCCCCCCCCCCCCCCC(=O)OOCC[N+](C)(C)C. The Morgan fingerprint density at radius 1 is 0.692 bits per heavy atom. The molecule has 26 heavy (non-hydrogen) atoms. The Bertz CT molecular complexity index is 313. The van der Waals surface area contributed by atoms with Gasteiger partial charge in [-0.15, -0.1) is 0 Å². The zero-order valence-corrected chi connectivity index (χ0v) is 18.2. The zero-order chi connectivity index (χ0) is 19.5. The van der Waals surface area contributed by atoms with Crippen LogP contribution in [0.1, 0.15) is 103 Å². The molecular weight excluding hydrogens is 326 g/mol. The summed E-state index contributed by atoms with van der Waals surface area (Å²) >= 11 is 0. The van der Waals surface area contributed by atoms with Gasteiger partial charge < -0.3 is 4.48 Å². The number of unbranched alkanes of at least 4 members (excludes halogenated alkanes) is 13. The molecule has 0 bridgehead atoms. The second-order valence-corrected chi connectivity index (χ2v) is 8.64. The number of carbonyl (C=O) groups excluding carboxylic acids is 1. The summed E-state index contributed by atoms with van der Waals surface area (Å²) in [5, 5.41) is 0. The van der Waals surface area contributed by atoms with Crippen LogP contribution in [0.4, 0.5) is 0 Å². The van der Waals surface area contributed by atoms with Gasteiger partial charge in [0.05, 0.1) is 21.1 Å². The van der Waals surface area contributed by atoms with Gasteiger partial charge in [-0.05, 0) is 6.42 Å². The van der Waals surface area contributed by atoms with E-state index in [0.29, 0.717) is 13.0 Å². The molecule has 0 atom stereocenters. The van der Waals surface area contributed by atoms with Crippen LogP contribution in [0, 0.1) is 0 Å². The molecule has 0 heterocycles. The van der Waals surface area contributed by atoms with Crippen LogP contribution in [0.2, 0.25) is 0 Å². The van der Waals surface area contributed by atoms with E-state index in [2.05, 4.69) is 28.1 Å². The number of carbonyl (C=O) groups is 1. The average molecular weight is 373 g/mol. The molecule has 0 saturated carbocycles. The van der Waals surface area contributed by atoms with Crippen LogP contribution >= 0.6 is 0 Å². The van der Waals surface area contributed by atoms with Gasteiger partial charge in [0.15, 0.2) is 0 Å². The van der Waals surface area contributed by atoms with E-state index >= 15 is 0 Å². The Kier molecular flexibility index (Phi) is 17.4. The smallest absolute Gasteiger partial charge is 0.329 e. The third kappa shape index (κ3) is 21.4. The third-order valence-electron chi connectivity index (χ3n) is 4.73. The fraction of sp³-hybridized carbons (Fsp3) is 0.955. The van der Waals surface area contributed by atoms with Gasteiger partial charge in [0.2, 0.25) is 0 Å². The van der Waals surface area contributed by atoms with Crippen LogP contribution in [0.15, 0.2) is 0 Å². The highest BCUT2D eigenvalue weighted by atomic mass is 17.2. The van der Waals surface area contributed by atoms with Crippen molar-refractivity contribution in [1.82, 2.24) is 0 Å². The summed E-state index contributed by atoms with van der Waals surface area (Å²) in [6.45, 7) is 3.55. The summed E-state index contributed by atoms with van der Waals surface area (Å²) in [6.07, 6.45) is 19.0. The normalized spacial score (nSPS) is 11.7. The monoisotopic (exact) mass is 372 g/mol. The second kappa shape index (κ2) is 17.8. The van der Waals surface area contributed by atoms with Crippen LogP contribution in [-0.2, 0) is 14.6 Å². The fourth-order valence-electron chi connectivity index (χ4n) is 2.92. The van der Waals surface area contributed by atoms with Gasteiger partial charge in [-0.3, -0.25) is 4.89 Å². The lowest BCUT2D eigenvalue weighted by Crippen LogP contribution is -2.37.